The lowest BCUT2D eigenvalue weighted by molar-refractivity contribution is -0.141. The number of rotatable bonds is 10. The van der Waals surface area contributed by atoms with E-state index in [1.807, 2.05) is 60.7 Å². The summed E-state index contributed by atoms with van der Waals surface area (Å²) in [5, 5.41) is 0. The van der Waals surface area contributed by atoms with E-state index < -0.39 is 12.1 Å². The normalized spacial score (nSPS) is 11.3. The van der Waals surface area contributed by atoms with Crippen molar-refractivity contribution < 1.29 is 28.5 Å². The number of nitrogens with zero attached hydrogens (tertiary/aromatic N) is 1. The van der Waals surface area contributed by atoms with Crippen molar-refractivity contribution in [3.05, 3.63) is 89.5 Å². The Morgan fingerprint density at radius 1 is 0.735 bits per heavy atom. The molecule has 1 amide bonds. The molecule has 0 aromatic heterocycles. The first-order chi connectivity index (χ1) is 16.5. The fraction of sp³-hybridized carbons (Fsp3) is 0.259. The maximum absolute atomic E-state index is 13.4. The zero-order chi connectivity index (χ0) is 24.5. The molecule has 178 valence electrons. The minimum atomic E-state index is -1.02. The van der Waals surface area contributed by atoms with Gasteiger partial charge in [0.2, 0.25) is 5.75 Å². The third kappa shape index (κ3) is 5.86. The number of methoxy groups -OCH3 is 3. The van der Waals surface area contributed by atoms with Crippen LogP contribution < -0.4 is 14.2 Å². The Morgan fingerprint density at radius 2 is 1.26 bits per heavy atom. The average molecular weight is 464 g/mol. The van der Waals surface area contributed by atoms with Gasteiger partial charge in [0.25, 0.3) is 5.91 Å². The van der Waals surface area contributed by atoms with E-state index in [0.29, 0.717) is 18.8 Å². The summed E-state index contributed by atoms with van der Waals surface area (Å²) in [6.45, 7) is 2.34. The molecule has 1 atom stereocenters. The molecule has 0 aliphatic heterocycles. The second-order valence-electron chi connectivity index (χ2n) is 7.59. The van der Waals surface area contributed by atoms with Crippen LogP contribution in [0.15, 0.2) is 72.8 Å². The van der Waals surface area contributed by atoms with Gasteiger partial charge in [0.05, 0.1) is 21.3 Å². The summed E-state index contributed by atoms with van der Waals surface area (Å²) in [4.78, 5) is 28.0. The van der Waals surface area contributed by atoms with Gasteiger partial charge in [0.1, 0.15) is 5.56 Å². The van der Waals surface area contributed by atoms with Crippen LogP contribution in [0.1, 0.15) is 28.4 Å². The van der Waals surface area contributed by atoms with Crippen LogP contribution in [0.3, 0.4) is 0 Å². The molecule has 0 heterocycles. The minimum Gasteiger partial charge on any atom is -0.493 e. The third-order valence-electron chi connectivity index (χ3n) is 5.30. The summed E-state index contributed by atoms with van der Waals surface area (Å²) >= 11 is 0. The van der Waals surface area contributed by atoms with E-state index in [2.05, 4.69) is 0 Å². The molecule has 0 saturated heterocycles. The van der Waals surface area contributed by atoms with Gasteiger partial charge in [-0.25, -0.2) is 4.79 Å². The molecule has 0 radical (unpaired) electrons. The molecule has 34 heavy (non-hydrogen) atoms. The van der Waals surface area contributed by atoms with E-state index in [-0.39, 0.29) is 23.0 Å². The predicted octanol–water partition coefficient (Wildman–Crippen LogP) is 4.49. The van der Waals surface area contributed by atoms with Crippen molar-refractivity contribution in [2.75, 3.05) is 21.3 Å². The fourth-order valence-corrected chi connectivity index (χ4v) is 3.61. The molecule has 7 heteroatoms. The smallest absolute Gasteiger partial charge is 0.342 e. The van der Waals surface area contributed by atoms with Crippen molar-refractivity contribution in [3.8, 4) is 17.2 Å². The van der Waals surface area contributed by atoms with Gasteiger partial charge >= 0.3 is 5.97 Å². The molecular weight excluding hydrogens is 434 g/mol. The van der Waals surface area contributed by atoms with E-state index in [1.54, 1.807) is 17.9 Å². The number of carbonyl (C=O) groups is 2. The molecule has 0 fully saturated rings. The van der Waals surface area contributed by atoms with Crippen molar-refractivity contribution in [1.82, 2.24) is 4.90 Å². The van der Waals surface area contributed by atoms with Gasteiger partial charge in [0.15, 0.2) is 17.6 Å². The first-order valence-electron chi connectivity index (χ1n) is 10.8. The molecule has 3 aromatic carbocycles. The Labute approximate surface area is 199 Å². The van der Waals surface area contributed by atoms with E-state index >= 15 is 0 Å². The number of benzene rings is 3. The van der Waals surface area contributed by atoms with Crippen LogP contribution in [-0.2, 0) is 22.6 Å². The highest BCUT2D eigenvalue weighted by molar-refractivity contribution is 5.96. The fourth-order valence-electron chi connectivity index (χ4n) is 3.61. The highest BCUT2D eigenvalue weighted by Crippen LogP contribution is 2.40. The first-order valence-corrected chi connectivity index (χ1v) is 10.8. The lowest BCUT2D eigenvalue weighted by atomic mass is 10.1. The second-order valence-corrected chi connectivity index (χ2v) is 7.59. The lowest BCUT2D eigenvalue weighted by Crippen LogP contribution is -2.39. The number of amides is 1. The SMILES string of the molecule is COc1ccc(C(=O)OC(C)C(=O)N(Cc2ccccc2)Cc2ccccc2)c(OC)c1OC. The van der Waals surface area contributed by atoms with Gasteiger partial charge in [0, 0.05) is 13.1 Å². The van der Waals surface area contributed by atoms with Crippen LogP contribution in [-0.4, -0.2) is 44.2 Å². The Bertz CT molecular complexity index is 1060. The van der Waals surface area contributed by atoms with Gasteiger partial charge < -0.3 is 23.8 Å². The second kappa shape index (κ2) is 11.7. The van der Waals surface area contributed by atoms with Gasteiger partial charge in [-0.1, -0.05) is 60.7 Å². The Hall–Kier alpha value is -4.00. The number of ether oxygens (including phenoxy) is 4. The van der Waals surface area contributed by atoms with E-state index in [9.17, 15) is 9.59 Å². The molecular formula is C27H29NO6. The van der Waals surface area contributed by atoms with Crippen LogP contribution in [0, 0.1) is 0 Å². The molecule has 0 bridgehead atoms. The van der Waals surface area contributed by atoms with Crippen LogP contribution >= 0.6 is 0 Å². The minimum absolute atomic E-state index is 0.137. The lowest BCUT2D eigenvalue weighted by Gasteiger charge is -2.26. The first kappa shape index (κ1) is 24.6. The van der Waals surface area contributed by atoms with E-state index in [1.165, 1.54) is 27.4 Å². The van der Waals surface area contributed by atoms with Gasteiger partial charge in [-0.3, -0.25) is 4.79 Å². The molecule has 0 spiro atoms. The molecule has 0 saturated carbocycles. The summed E-state index contributed by atoms with van der Waals surface area (Å²) in [5.41, 5.74) is 2.09. The molecule has 7 nitrogen and oxygen atoms in total. The summed E-state index contributed by atoms with van der Waals surface area (Å²) in [5.74, 6) is -0.138. The van der Waals surface area contributed by atoms with Crippen LogP contribution in [0.25, 0.3) is 0 Å². The molecule has 0 aliphatic rings. The topological polar surface area (TPSA) is 74.3 Å². The molecule has 3 aromatic rings. The number of esters is 1. The number of hydrogen-bond donors (Lipinski definition) is 0. The summed E-state index contributed by atoms with van der Waals surface area (Å²) in [6.07, 6.45) is -1.02. The van der Waals surface area contributed by atoms with E-state index in [4.69, 9.17) is 18.9 Å². The summed E-state index contributed by atoms with van der Waals surface area (Å²) < 4.78 is 21.5. The number of hydrogen-bond acceptors (Lipinski definition) is 6. The highest BCUT2D eigenvalue weighted by Gasteiger charge is 2.28. The van der Waals surface area contributed by atoms with Crippen molar-refractivity contribution in [1.29, 1.82) is 0 Å². The maximum Gasteiger partial charge on any atom is 0.342 e. The van der Waals surface area contributed by atoms with E-state index in [0.717, 1.165) is 11.1 Å². The molecule has 3 rings (SSSR count). The van der Waals surface area contributed by atoms with Crippen molar-refractivity contribution in [2.24, 2.45) is 0 Å². The van der Waals surface area contributed by atoms with Crippen molar-refractivity contribution >= 4 is 11.9 Å². The quantitative estimate of drug-likeness (QED) is 0.413. The molecule has 0 N–H and O–H groups in total. The standard InChI is InChI=1S/C27H29NO6/c1-19(34-27(30)22-15-16-23(31-2)25(33-4)24(22)32-3)26(29)28(17-20-11-7-5-8-12-20)18-21-13-9-6-10-14-21/h5-16,19H,17-18H2,1-4H3. The Balaban J connectivity index is 1.81. The summed E-state index contributed by atoms with van der Waals surface area (Å²) in [6, 6.07) is 22.5. The van der Waals surface area contributed by atoms with Crippen molar-refractivity contribution in [3.63, 3.8) is 0 Å². The van der Waals surface area contributed by atoms with Crippen LogP contribution in [0.4, 0.5) is 0 Å². The van der Waals surface area contributed by atoms with Gasteiger partial charge in [-0.2, -0.15) is 0 Å². The third-order valence-corrected chi connectivity index (χ3v) is 5.30. The molecule has 1 unspecified atom stereocenters. The van der Waals surface area contributed by atoms with Crippen molar-refractivity contribution in [2.45, 2.75) is 26.1 Å². The predicted molar refractivity (Wildman–Crippen MR) is 128 cm³/mol. The van der Waals surface area contributed by atoms with Crippen LogP contribution in [0.5, 0.6) is 17.2 Å². The largest absolute Gasteiger partial charge is 0.493 e. The average Bonchev–Trinajstić information content (AvgIpc) is 2.87. The zero-order valence-corrected chi connectivity index (χ0v) is 19.8. The van der Waals surface area contributed by atoms with Gasteiger partial charge in [-0.15, -0.1) is 0 Å². The Morgan fingerprint density at radius 3 is 1.74 bits per heavy atom. The Kier molecular flexibility index (Phi) is 8.51. The highest BCUT2D eigenvalue weighted by atomic mass is 16.6. The maximum atomic E-state index is 13.4. The molecule has 0 aliphatic carbocycles. The van der Waals surface area contributed by atoms with Crippen LogP contribution in [0.2, 0.25) is 0 Å². The van der Waals surface area contributed by atoms with Gasteiger partial charge in [-0.05, 0) is 30.2 Å². The summed E-state index contributed by atoms with van der Waals surface area (Å²) in [7, 11) is 4.36. The monoisotopic (exact) mass is 463 g/mol. The zero-order valence-electron chi connectivity index (χ0n) is 19.8. The number of carbonyl (C=O) groups excluding carboxylic acids is 2.